The van der Waals surface area contributed by atoms with Crippen LogP contribution in [0.5, 0.6) is 0 Å². The standard InChI is InChI=1S/C17H24/c1-13-4-8-16(9-5-13)12-15(3)17-10-6-14(2)7-11-17/h4-6,8,10-11,14-16H,7,9,12H2,1-3H3. The fourth-order valence-corrected chi connectivity index (χ4v) is 2.65. The van der Waals surface area contributed by atoms with Crippen LogP contribution in [0.3, 0.4) is 0 Å². The van der Waals surface area contributed by atoms with Crippen molar-refractivity contribution in [2.24, 2.45) is 17.8 Å². The lowest BCUT2D eigenvalue weighted by molar-refractivity contribution is 0.494. The Kier molecular flexibility index (Phi) is 4.04. The molecule has 0 N–H and O–H groups in total. The molecule has 2 rings (SSSR count). The lowest BCUT2D eigenvalue weighted by Crippen LogP contribution is -2.09. The molecule has 17 heavy (non-hydrogen) atoms. The molecule has 0 heteroatoms. The molecule has 2 aliphatic carbocycles. The average molecular weight is 228 g/mol. The van der Waals surface area contributed by atoms with Crippen LogP contribution in [0.25, 0.3) is 0 Å². The predicted molar refractivity (Wildman–Crippen MR) is 75.8 cm³/mol. The Morgan fingerprint density at radius 3 is 2.59 bits per heavy atom. The molecule has 0 radical (unpaired) electrons. The maximum Gasteiger partial charge on any atom is -0.0188 e. The van der Waals surface area contributed by atoms with Crippen molar-refractivity contribution >= 4 is 0 Å². The summed E-state index contributed by atoms with van der Waals surface area (Å²) in [6.45, 7) is 6.83. The summed E-state index contributed by atoms with van der Waals surface area (Å²) >= 11 is 0. The summed E-state index contributed by atoms with van der Waals surface area (Å²) in [5.74, 6) is 2.16. The summed E-state index contributed by atoms with van der Waals surface area (Å²) in [4.78, 5) is 0. The van der Waals surface area contributed by atoms with Crippen LogP contribution in [0, 0.1) is 17.8 Å². The molecule has 0 bridgehead atoms. The Bertz CT molecular complexity index is 379. The summed E-state index contributed by atoms with van der Waals surface area (Å²) in [5, 5.41) is 0. The van der Waals surface area contributed by atoms with Crippen LogP contribution in [0.4, 0.5) is 0 Å². The maximum absolute atomic E-state index is 2.43. The van der Waals surface area contributed by atoms with Gasteiger partial charge in [-0.2, -0.15) is 0 Å². The fraction of sp³-hybridized carbons (Fsp3) is 0.529. The smallest absolute Gasteiger partial charge is 0.0188 e. The molecular weight excluding hydrogens is 204 g/mol. The van der Waals surface area contributed by atoms with E-state index in [-0.39, 0.29) is 0 Å². The van der Waals surface area contributed by atoms with E-state index in [1.807, 2.05) is 0 Å². The summed E-state index contributed by atoms with van der Waals surface area (Å²) in [6.07, 6.45) is 17.9. The fourth-order valence-electron chi connectivity index (χ4n) is 2.65. The van der Waals surface area contributed by atoms with Gasteiger partial charge in [0.25, 0.3) is 0 Å². The molecule has 0 amide bonds. The molecule has 3 atom stereocenters. The molecular formula is C17H24. The Morgan fingerprint density at radius 2 is 2.00 bits per heavy atom. The first-order valence-corrected chi connectivity index (χ1v) is 6.88. The van der Waals surface area contributed by atoms with Crippen LogP contribution in [-0.2, 0) is 0 Å². The number of hydrogen-bond acceptors (Lipinski definition) is 0. The van der Waals surface area contributed by atoms with E-state index in [0.29, 0.717) is 5.92 Å². The molecule has 0 saturated carbocycles. The topological polar surface area (TPSA) is 0 Å². The molecule has 2 aliphatic rings. The van der Waals surface area contributed by atoms with Gasteiger partial charge in [0, 0.05) is 0 Å². The van der Waals surface area contributed by atoms with Gasteiger partial charge in [0.1, 0.15) is 0 Å². The van der Waals surface area contributed by atoms with Gasteiger partial charge in [-0.3, -0.25) is 0 Å². The van der Waals surface area contributed by atoms with Gasteiger partial charge in [0.05, 0.1) is 0 Å². The van der Waals surface area contributed by atoms with Crippen LogP contribution >= 0.6 is 0 Å². The minimum Gasteiger partial charge on any atom is -0.0811 e. The summed E-state index contributed by atoms with van der Waals surface area (Å²) in [6, 6.07) is 0. The van der Waals surface area contributed by atoms with Crippen LogP contribution in [0.2, 0.25) is 0 Å². The van der Waals surface area contributed by atoms with E-state index in [4.69, 9.17) is 0 Å². The molecule has 0 heterocycles. The van der Waals surface area contributed by atoms with Crippen molar-refractivity contribution < 1.29 is 0 Å². The minimum atomic E-state index is 0.695. The monoisotopic (exact) mass is 228 g/mol. The zero-order valence-electron chi connectivity index (χ0n) is 11.3. The van der Waals surface area contributed by atoms with E-state index in [0.717, 1.165) is 11.8 Å². The van der Waals surface area contributed by atoms with E-state index in [2.05, 4.69) is 57.2 Å². The Morgan fingerprint density at radius 1 is 1.18 bits per heavy atom. The van der Waals surface area contributed by atoms with E-state index < -0.39 is 0 Å². The molecule has 0 nitrogen and oxygen atoms in total. The Balaban J connectivity index is 1.88. The van der Waals surface area contributed by atoms with E-state index in [1.54, 1.807) is 5.57 Å². The third kappa shape index (κ3) is 3.46. The molecule has 0 aromatic rings. The van der Waals surface area contributed by atoms with Crippen molar-refractivity contribution in [2.75, 3.05) is 0 Å². The van der Waals surface area contributed by atoms with Crippen molar-refractivity contribution in [3.8, 4) is 0 Å². The first-order valence-electron chi connectivity index (χ1n) is 6.88. The number of rotatable bonds is 3. The van der Waals surface area contributed by atoms with Crippen LogP contribution in [-0.4, -0.2) is 0 Å². The zero-order chi connectivity index (χ0) is 12.3. The Labute approximate surface area is 106 Å². The predicted octanol–water partition coefficient (Wildman–Crippen LogP) is 5.06. The van der Waals surface area contributed by atoms with E-state index in [1.165, 1.54) is 24.8 Å². The molecule has 0 spiro atoms. The van der Waals surface area contributed by atoms with Crippen LogP contribution < -0.4 is 0 Å². The van der Waals surface area contributed by atoms with Gasteiger partial charge in [-0.25, -0.2) is 0 Å². The van der Waals surface area contributed by atoms with Gasteiger partial charge >= 0.3 is 0 Å². The van der Waals surface area contributed by atoms with Gasteiger partial charge in [0.15, 0.2) is 0 Å². The molecule has 92 valence electrons. The third-order valence-electron chi connectivity index (χ3n) is 3.94. The molecule has 0 saturated heterocycles. The summed E-state index contributed by atoms with van der Waals surface area (Å²) in [7, 11) is 0. The van der Waals surface area contributed by atoms with E-state index >= 15 is 0 Å². The van der Waals surface area contributed by atoms with Gasteiger partial charge in [-0.15, -0.1) is 0 Å². The highest BCUT2D eigenvalue weighted by Gasteiger charge is 2.15. The Hall–Kier alpha value is -1.04. The number of hydrogen-bond donors (Lipinski definition) is 0. The van der Waals surface area contributed by atoms with Crippen molar-refractivity contribution in [2.45, 2.75) is 40.0 Å². The molecule has 0 aliphatic heterocycles. The SMILES string of the molecule is CC1=CCC(CC(C)C2=CCC(C)C=C2)C=C1. The first kappa shape index (κ1) is 12.4. The molecule has 0 aromatic carbocycles. The summed E-state index contributed by atoms with van der Waals surface area (Å²) in [5.41, 5.74) is 2.96. The normalized spacial score (nSPS) is 29.8. The summed E-state index contributed by atoms with van der Waals surface area (Å²) < 4.78 is 0. The van der Waals surface area contributed by atoms with Gasteiger partial charge in [-0.1, -0.05) is 55.9 Å². The van der Waals surface area contributed by atoms with Crippen molar-refractivity contribution in [1.29, 1.82) is 0 Å². The highest BCUT2D eigenvalue weighted by molar-refractivity contribution is 5.27. The van der Waals surface area contributed by atoms with Crippen molar-refractivity contribution in [1.82, 2.24) is 0 Å². The second-order valence-corrected chi connectivity index (χ2v) is 5.72. The first-order chi connectivity index (χ1) is 8.15. The lowest BCUT2D eigenvalue weighted by Gasteiger charge is -2.22. The molecule has 0 aromatic heterocycles. The minimum absolute atomic E-state index is 0.695. The van der Waals surface area contributed by atoms with Crippen molar-refractivity contribution in [3.05, 3.63) is 47.6 Å². The largest absolute Gasteiger partial charge is 0.0811 e. The average Bonchev–Trinajstić information content (AvgIpc) is 2.33. The highest BCUT2D eigenvalue weighted by atomic mass is 14.2. The number of allylic oxidation sites excluding steroid dienone is 8. The second-order valence-electron chi connectivity index (χ2n) is 5.72. The molecule has 0 fully saturated rings. The zero-order valence-corrected chi connectivity index (χ0v) is 11.3. The third-order valence-corrected chi connectivity index (χ3v) is 3.94. The highest BCUT2D eigenvalue weighted by Crippen LogP contribution is 2.29. The van der Waals surface area contributed by atoms with Crippen LogP contribution in [0.15, 0.2) is 47.6 Å². The second kappa shape index (κ2) is 5.53. The van der Waals surface area contributed by atoms with Gasteiger partial charge < -0.3 is 0 Å². The van der Waals surface area contributed by atoms with E-state index in [9.17, 15) is 0 Å². The van der Waals surface area contributed by atoms with Gasteiger partial charge in [-0.05, 0) is 49.5 Å². The van der Waals surface area contributed by atoms with Crippen LogP contribution in [0.1, 0.15) is 40.0 Å². The van der Waals surface area contributed by atoms with Gasteiger partial charge in [0.2, 0.25) is 0 Å². The lowest BCUT2D eigenvalue weighted by atomic mass is 9.83. The maximum atomic E-state index is 2.43. The quantitative estimate of drug-likeness (QED) is 0.633. The molecule has 3 unspecified atom stereocenters. The van der Waals surface area contributed by atoms with Crippen molar-refractivity contribution in [3.63, 3.8) is 0 Å².